The lowest BCUT2D eigenvalue weighted by atomic mass is 9.79. The van der Waals surface area contributed by atoms with E-state index in [1.807, 2.05) is 30.3 Å². The van der Waals surface area contributed by atoms with Gasteiger partial charge in [0.2, 0.25) is 0 Å². The Morgan fingerprint density at radius 3 is 2.25 bits per heavy atom. The van der Waals surface area contributed by atoms with Crippen LogP contribution in [0.15, 0.2) is 53.0 Å². The van der Waals surface area contributed by atoms with Gasteiger partial charge in [-0.25, -0.2) is 4.39 Å². The molecular weight excluding hydrogens is 362 g/mol. The molecular formula is C16H14BrCl2F. The highest BCUT2D eigenvalue weighted by Gasteiger charge is 2.31. The van der Waals surface area contributed by atoms with Gasteiger partial charge in [0.05, 0.1) is 0 Å². The number of rotatable bonds is 5. The van der Waals surface area contributed by atoms with Crippen molar-refractivity contribution < 1.29 is 4.39 Å². The molecule has 0 radical (unpaired) electrons. The maximum atomic E-state index is 13.4. The number of hydrogen-bond acceptors (Lipinski definition) is 0. The molecule has 0 fully saturated rings. The number of benzene rings is 2. The molecule has 0 aliphatic rings. The molecule has 0 spiro atoms. The van der Waals surface area contributed by atoms with Gasteiger partial charge < -0.3 is 0 Å². The zero-order valence-electron chi connectivity index (χ0n) is 10.8. The minimum Gasteiger partial charge on any atom is -0.207 e. The van der Waals surface area contributed by atoms with Crippen LogP contribution in [-0.4, -0.2) is 11.8 Å². The van der Waals surface area contributed by atoms with Crippen LogP contribution in [0.4, 0.5) is 4.39 Å². The average molecular weight is 376 g/mol. The molecule has 0 aliphatic heterocycles. The summed E-state index contributed by atoms with van der Waals surface area (Å²) < 4.78 is 14.3. The molecule has 0 bridgehead atoms. The van der Waals surface area contributed by atoms with E-state index in [1.54, 1.807) is 6.07 Å². The Morgan fingerprint density at radius 1 is 1.00 bits per heavy atom. The van der Waals surface area contributed by atoms with Gasteiger partial charge in [0.15, 0.2) is 0 Å². The van der Waals surface area contributed by atoms with E-state index in [0.29, 0.717) is 18.2 Å². The molecule has 0 amide bonds. The quantitative estimate of drug-likeness (QED) is 0.601. The van der Waals surface area contributed by atoms with E-state index in [1.165, 1.54) is 12.1 Å². The van der Waals surface area contributed by atoms with E-state index in [2.05, 4.69) is 15.9 Å². The van der Waals surface area contributed by atoms with E-state index >= 15 is 0 Å². The van der Waals surface area contributed by atoms with Crippen molar-refractivity contribution in [2.45, 2.75) is 11.8 Å². The predicted octanol–water partition coefficient (Wildman–Crippen LogP) is 5.55. The van der Waals surface area contributed by atoms with E-state index in [4.69, 9.17) is 23.2 Å². The molecule has 4 heteroatoms. The van der Waals surface area contributed by atoms with Gasteiger partial charge in [-0.2, -0.15) is 0 Å². The fourth-order valence-corrected chi connectivity index (χ4v) is 3.39. The third kappa shape index (κ3) is 3.36. The first-order valence-electron chi connectivity index (χ1n) is 6.23. The Bertz CT molecular complexity index is 568. The van der Waals surface area contributed by atoms with Gasteiger partial charge in [0, 0.05) is 21.6 Å². The van der Waals surface area contributed by atoms with E-state index in [-0.39, 0.29) is 5.82 Å². The molecule has 0 aliphatic carbocycles. The molecule has 0 N–H and O–H groups in total. The van der Waals surface area contributed by atoms with Crippen molar-refractivity contribution in [2.24, 2.45) is 0 Å². The van der Waals surface area contributed by atoms with E-state index in [0.717, 1.165) is 15.6 Å². The highest BCUT2D eigenvalue weighted by molar-refractivity contribution is 9.10. The minimum atomic E-state index is -0.402. The standard InChI is InChI=1S/C16H14BrCl2F/c17-15-7-6-14(20)8-12(15)9-16(10-18,11-19)13-4-2-1-3-5-13/h1-8H,9-11H2. The van der Waals surface area contributed by atoms with Crippen LogP contribution in [-0.2, 0) is 11.8 Å². The second-order valence-corrected chi connectivity index (χ2v) is 6.21. The first-order chi connectivity index (χ1) is 9.61. The Balaban J connectivity index is 2.42. The highest BCUT2D eigenvalue weighted by atomic mass is 79.9. The average Bonchev–Trinajstić information content (AvgIpc) is 2.49. The zero-order chi connectivity index (χ0) is 14.6. The smallest absolute Gasteiger partial charge is 0.123 e. The molecule has 20 heavy (non-hydrogen) atoms. The van der Waals surface area contributed by atoms with E-state index in [9.17, 15) is 4.39 Å². The van der Waals surface area contributed by atoms with Gasteiger partial charge in [0.25, 0.3) is 0 Å². The Morgan fingerprint density at radius 2 is 1.65 bits per heavy atom. The molecule has 0 heterocycles. The summed E-state index contributed by atoms with van der Waals surface area (Å²) in [6.45, 7) is 0. The van der Waals surface area contributed by atoms with Crippen LogP contribution in [0, 0.1) is 5.82 Å². The van der Waals surface area contributed by atoms with Gasteiger partial charge >= 0.3 is 0 Å². The summed E-state index contributed by atoms with van der Waals surface area (Å²) in [4.78, 5) is 0. The van der Waals surface area contributed by atoms with Crippen LogP contribution >= 0.6 is 39.1 Å². The second kappa shape index (κ2) is 6.93. The minimum absolute atomic E-state index is 0.255. The van der Waals surface area contributed by atoms with Crippen molar-refractivity contribution in [2.75, 3.05) is 11.8 Å². The topological polar surface area (TPSA) is 0 Å². The number of alkyl halides is 2. The Hall–Kier alpha value is -0.570. The van der Waals surface area contributed by atoms with Crippen molar-refractivity contribution in [3.05, 3.63) is 69.9 Å². The van der Waals surface area contributed by atoms with Crippen molar-refractivity contribution in [3.8, 4) is 0 Å². The third-order valence-corrected chi connectivity index (χ3v) is 5.23. The summed E-state index contributed by atoms with van der Waals surface area (Å²) >= 11 is 15.9. The summed E-state index contributed by atoms with van der Waals surface area (Å²) in [5.41, 5.74) is 1.54. The van der Waals surface area contributed by atoms with Crippen LogP contribution in [0.2, 0.25) is 0 Å². The lowest BCUT2D eigenvalue weighted by Crippen LogP contribution is -2.33. The SMILES string of the molecule is Fc1ccc(Br)c(CC(CCl)(CCl)c2ccccc2)c1. The van der Waals surface area contributed by atoms with Crippen LogP contribution in [0.1, 0.15) is 11.1 Å². The Kier molecular flexibility index (Phi) is 5.48. The molecule has 0 aromatic heterocycles. The Labute approximate surface area is 137 Å². The molecule has 0 atom stereocenters. The highest BCUT2D eigenvalue weighted by Crippen LogP contribution is 2.34. The third-order valence-electron chi connectivity index (χ3n) is 3.43. The molecule has 0 unspecified atom stereocenters. The molecule has 0 nitrogen and oxygen atoms in total. The normalized spacial score (nSPS) is 11.6. The van der Waals surface area contributed by atoms with Crippen molar-refractivity contribution in [3.63, 3.8) is 0 Å². The van der Waals surface area contributed by atoms with Crippen LogP contribution in [0.5, 0.6) is 0 Å². The zero-order valence-corrected chi connectivity index (χ0v) is 13.8. The first-order valence-corrected chi connectivity index (χ1v) is 8.09. The van der Waals surface area contributed by atoms with Gasteiger partial charge in [-0.3, -0.25) is 0 Å². The fourth-order valence-electron chi connectivity index (χ4n) is 2.22. The molecule has 106 valence electrons. The van der Waals surface area contributed by atoms with Gasteiger partial charge in [-0.1, -0.05) is 46.3 Å². The fraction of sp³-hybridized carbons (Fsp3) is 0.250. The maximum Gasteiger partial charge on any atom is 0.123 e. The summed E-state index contributed by atoms with van der Waals surface area (Å²) in [5.74, 6) is 0.502. The van der Waals surface area contributed by atoms with Crippen LogP contribution in [0.25, 0.3) is 0 Å². The summed E-state index contributed by atoms with van der Waals surface area (Å²) in [6.07, 6.45) is 0.586. The van der Waals surface area contributed by atoms with Crippen molar-refractivity contribution in [1.29, 1.82) is 0 Å². The molecule has 0 saturated heterocycles. The summed E-state index contributed by atoms with van der Waals surface area (Å²) in [7, 11) is 0. The molecule has 2 aromatic rings. The second-order valence-electron chi connectivity index (χ2n) is 4.83. The predicted molar refractivity (Wildman–Crippen MR) is 87.4 cm³/mol. The monoisotopic (exact) mass is 374 g/mol. The largest absolute Gasteiger partial charge is 0.207 e. The molecule has 0 saturated carbocycles. The number of halogens is 4. The number of hydrogen-bond donors (Lipinski definition) is 0. The van der Waals surface area contributed by atoms with Crippen LogP contribution < -0.4 is 0 Å². The first kappa shape index (κ1) is 15.8. The van der Waals surface area contributed by atoms with Gasteiger partial charge in [0.1, 0.15) is 5.82 Å². The lowest BCUT2D eigenvalue weighted by molar-refractivity contribution is 0.531. The maximum absolute atomic E-state index is 13.4. The molecule has 2 rings (SSSR count). The molecule has 2 aromatic carbocycles. The van der Waals surface area contributed by atoms with E-state index < -0.39 is 5.41 Å². The lowest BCUT2D eigenvalue weighted by Gasteiger charge is -2.31. The van der Waals surface area contributed by atoms with Gasteiger partial charge in [-0.05, 0) is 35.7 Å². The van der Waals surface area contributed by atoms with Crippen LogP contribution in [0.3, 0.4) is 0 Å². The van der Waals surface area contributed by atoms with Crippen molar-refractivity contribution >= 4 is 39.1 Å². The van der Waals surface area contributed by atoms with Gasteiger partial charge in [-0.15, -0.1) is 23.2 Å². The summed E-state index contributed by atoms with van der Waals surface area (Å²) in [5, 5.41) is 0. The van der Waals surface area contributed by atoms with Crippen molar-refractivity contribution in [1.82, 2.24) is 0 Å². The summed E-state index contributed by atoms with van der Waals surface area (Å²) in [6, 6.07) is 14.6.